The van der Waals surface area contributed by atoms with E-state index in [1.807, 2.05) is 24.8 Å². The Morgan fingerprint density at radius 3 is 3.00 bits per heavy atom. The second-order valence-corrected chi connectivity index (χ2v) is 7.08. The molecule has 0 saturated carbocycles. The summed E-state index contributed by atoms with van der Waals surface area (Å²) in [6.07, 6.45) is 3.50. The highest BCUT2D eigenvalue weighted by Crippen LogP contribution is 2.21. The van der Waals surface area contributed by atoms with Crippen molar-refractivity contribution in [2.75, 3.05) is 13.1 Å². The molecule has 1 saturated heterocycles. The first-order chi connectivity index (χ1) is 12.1. The third kappa shape index (κ3) is 4.31. The van der Waals surface area contributed by atoms with Crippen LogP contribution in [0.3, 0.4) is 0 Å². The van der Waals surface area contributed by atoms with Crippen LogP contribution in [0.1, 0.15) is 53.1 Å². The van der Waals surface area contributed by atoms with Crippen molar-refractivity contribution in [1.29, 1.82) is 0 Å². The fourth-order valence-corrected chi connectivity index (χ4v) is 3.72. The molecule has 1 aliphatic rings. The molecule has 7 nitrogen and oxygen atoms in total. The number of carbonyl (C=O) groups is 1. The van der Waals surface area contributed by atoms with E-state index in [1.165, 1.54) is 11.5 Å². The zero-order valence-electron chi connectivity index (χ0n) is 14.9. The number of aryl methyl sites for hydroxylation is 3. The number of piperidine rings is 1. The Kier molecular flexibility index (Phi) is 5.57. The summed E-state index contributed by atoms with van der Waals surface area (Å²) in [5.74, 6) is 1.29. The van der Waals surface area contributed by atoms with Gasteiger partial charge in [-0.25, -0.2) is 4.98 Å². The monoisotopic (exact) mass is 361 g/mol. The molecule has 1 amide bonds. The van der Waals surface area contributed by atoms with E-state index in [4.69, 9.17) is 4.74 Å². The minimum absolute atomic E-state index is 0.0156. The highest BCUT2D eigenvalue weighted by Gasteiger charge is 2.28. The van der Waals surface area contributed by atoms with E-state index in [0.29, 0.717) is 23.1 Å². The molecule has 2 aromatic heterocycles. The summed E-state index contributed by atoms with van der Waals surface area (Å²) in [6.45, 7) is 7.14. The maximum atomic E-state index is 12.8. The number of likely N-dealkylation sites (tertiary alicyclic amines) is 1. The summed E-state index contributed by atoms with van der Waals surface area (Å²) in [4.78, 5) is 23.9. The maximum absolute atomic E-state index is 12.8. The summed E-state index contributed by atoms with van der Waals surface area (Å²) in [5.41, 5.74) is 1.69. The van der Waals surface area contributed by atoms with E-state index in [0.717, 1.165) is 43.6 Å². The lowest BCUT2D eigenvalue weighted by Gasteiger charge is -2.32. The van der Waals surface area contributed by atoms with Gasteiger partial charge in [0.25, 0.3) is 5.91 Å². The number of hydrogen-bond acceptors (Lipinski definition) is 7. The van der Waals surface area contributed by atoms with Gasteiger partial charge in [-0.3, -0.25) is 4.79 Å². The van der Waals surface area contributed by atoms with Crippen LogP contribution in [0.15, 0.2) is 6.07 Å². The lowest BCUT2D eigenvalue weighted by Crippen LogP contribution is -2.44. The summed E-state index contributed by atoms with van der Waals surface area (Å²) >= 11 is 1.19. The highest BCUT2D eigenvalue weighted by atomic mass is 32.1. The Labute approximate surface area is 151 Å². The molecule has 0 aliphatic carbocycles. The van der Waals surface area contributed by atoms with Crippen LogP contribution in [-0.2, 0) is 6.42 Å². The quantitative estimate of drug-likeness (QED) is 0.814. The molecule has 0 bridgehead atoms. The molecule has 3 heterocycles. The van der Waals surface area contributed by atoms with Gasteiger partial charge in [0, 0.05) is 18.3 Å². The van der Waals surface area contributed by atoms with Crippen LogP contribution in [0.4, 0.5) is 0 Å². The van der Waals surface area contributed by atoms with Crippen LogP contribution >= 0.6 is 11.5 Å². The van der Waals surface area contributed by atoms with Gasteiger partial charge in [-0.2, -0.15) is 4.98 Å². The van der Waals surface area contributed by atoms with E-state index in [1.54, 1.807) is 0 Å². The van der Waals surface area contributed by atoms with Crippen LogP contribution < -0.4 is 4.74 Å². The topological polar surface area (TPSA) is 81.1 Å². The SMILES string of the molecule is CCCc1nnsc1C(=O)N1CCCC(Oc2cc(C)nc(C)n2)C1. The van der Waals surface area contributed by atoms with Crippen LogP contribution in [0.25, 0.3) is 0 Å². The molecule has 1 fully saturated rings. The van der Waals surface area contributed by atoms with Crippen molar-refractivity contribution < 1.29 is 9.53 Å². The molecule has 1 aliphatic heterocycles. The molecule has 8 heteroatoms. The first kappa shape index (κ1) is 17.7. The van der Waals surface area contributed by atoms with E-state index in [-0.39, 0.29) is 12.0 Å². The zero-order chi connectivity index (χ0) is 17.8. The van der Waals surface area contributed by atoms with Crippen LogP contribution in [0.5, 0.6) is 5.88 Å². The van der Waals surface area contributed by atoms with Crippen molar-refractivity contribution >= 4 is 17.4 Å². The number of hydrogen-bond donors (Lipinski definition) is 0. The fourth-order valence-electron chi connectivity index (χ4n) is 3.05. The molecule has 25 heavy (non-hydrogen) atoms. The minimum atomic E-state index is -0.0538. The van der Waals surface area contributed by atoms with Crippen LogP contribution in [0.2, 0.25) is 0 Å². The molecule has 0 radical (unpaired) electrons. The normalized spacial score (nSPS) is 17.6. The van der Waals surface area contributed by atoms with E-state index >= 15 is 0 Å². The number of carbonyl (C=O) groups excluding carboxylic acids is 1. The van der Waals surface area contributed by atoms with E-state index in [9.17, 15) is 4.79 Å². The van der Waals surface area contributed by atoms with Crippen molar-refractivity contribution in [3.8, 4) is 5.88 Å². The smallest absolute Gasteiger partial charge is 0.267 e. The second-order valence-electron chi connectivity index (χ2n) is 6.33. The molecule has 3 rings (SSSR count). The lowest BCUT2D eigenvalue weighted by molar-refractivity contribution is 0.0530. The van der Waals surface area contributed by atoms with Gasteiger partial charge < -0.3 is 9.64 Å². The van der Waals surface area contributed by atoms with Gasteiger partial charge in [0.2, 0.25) is 5.88 Å². The van der Waals surface area contributed by atoms with Gasteiger partial charge in [0.15, 0.2) is 0 Å². The molecular formula is C17H23N5O2S. The first-order valence-electron chi connectivity index (χ1n) is 8.66. The van der Waals surface area contributed by atoms with E-state index < -0.39 is 0 Å². The van der Waals surface area contributed by atoms with Crippen molar-refractivity contribution in [1.82, 2.24) is 24.5 Å². The van der Waals surface area contributed by atoms with Gasteiger partial charge in [0.05, 0.1) is 12.2 Å². The molecule has 0 aromatic carbocycles. The standard InChI is InChI=1S/C17H23N5O2S/c1-4-6-14-16(25-21-20-14)17(23)22-8-5-7-13(10-22)24-15-9-11(2)18-12(3)19-15/h9,13H,4-8,10H2,1-3H3. The number of ether oxygens (including phenoxy) is 1. The molecule has 1 atom stereocenters. The Morgan fingerprint density at radius 1 is 1.40 bits per heavy atom. The average Bonchev–Trinajstić information content (AvgIpc) is 3.02. The fraction of sp³-hybridized carbons (Fsp3) is 0.588. The van der Waals surface area contributed by atoms with Crippen molar-refractivity contribution in [3.05, 3.63) is 28.2 Å². The lowest BCUT2D eigenvalue weighted by atomic mass is 10.1. The largest absolute Gasteiger partial charge is 0.472 e. The molecule has 0 spiro atoms. The first-order valence-corrected chi connectivity index (χ1v) is 9.43. The minimum Gasteiger partial charge on any atom is -0.472 e. The summed E-state index contributed by atoms with van der Waals surface area (Å²) in [5, 5.41) is 4.10. The Hall–Kier alpha value is -2.09. The Balaban J connectivity index is 1.68. The van der Waals surface area contributed by atoms with E-state index in [2.05, 4.69) is 26.5 Å². The van der Waals surface area contributed by atoms with Gasteiger partial charge >= 0.3 is 0 Å². The highest BCUT2D eigenvalue weighted by molar-refractivity contribution is 7.08. The average molecular weight is 361 g/mol. The molecular weight excluding hydrogens is 338 g/mol. The molecule has 0 N–H and O–H groups in total. The van der Waals surface area contributed by atoms with Gasteiger partial charge in [-0.05, 0) is 44.6 Å². The summed E-state index contributed by atoms with van der Waals surface area (Å²) < 4.78 is 9.98. The molecule has 2 aromatic rings. The second kappa shape index (κ2) is 7.86. The predicted molar refractivity (Wildman–Crippen MR) is 95.0 cm³/mol. The maximum Gasteiger partial charge on any atom is 0.267 e. The summed E-state index contributed by atoms with van der Waals surface area (Å²) in [7, 11) is 0. The zero-order valence-corrected chi connectivity index (χ0v) is 15.7. The third-order valence-electron chi connectivity index (χ3n) is 4.13. The predicted octanol–water partition coefficient (Wildman–Crippen LogP) is 2.58. The van der Waals surface area contributed by atoms with Crippen molar-refractivity contribution in [2.24, 2.45) is 0 Å². The Bertz CT molecular complexity index is 728. The molecule has 134 valence electrons. The van der Waals surface area contributed by atoms with Crippen LogP contribution in [-0.4, -0.2) is 49.6 Å². The van der Waals surface area contributed by atoms with Crippen LogP contribution in [0, 0.1) is 13.8 Å². The Morgan fingerprint density at radius 2 is 2.24 bits per heavy atom. The number of aromatic nitrogens is 4. The molecule has 1 unspecified atom stereocenters. The van der Waals surface area contributed by atoms with Crippen molar-refractivity contribution in [3.63, 3.8) is 0 Å². The summed E-state index contributed by atoms with van der Waals surface area (Å²) in [6, 6.07) is 1.83. The number of rotatable bonds is 5. The number of amides is 1. The number of nitrogens with zero attached hydrogens (tertiary/aromatic N) is 5. The van der Waals surface area contributed by atoms with Gasteiger partial charge in [-0.15, -0.1) is 5.10 Å². The third-order valence-corrected chi connectivity index (χ3v) is 4.89. The van der Waals surface area contributed by atoms with Gasteiger partial charge in [-0.1, -0.05) is 17.8 Å². The van der Waals surface area contributed by atoms with Gasteiger partial charge in [0.1, 0.15) is 16.8 Å². The van der Waals surface area contributed by atoms with Crippen molar-refractivity contribution in [2.45, 2.75) is 52.6 Å².